The molecule has 2 saturated heterocycles. The van der Waals surface area contributed by atoms with Crippen LogP contribution in [0.5, 0.6) is 0 Å². The van der Waals surface area contributed by atoms with E-state index in [1.54, 1.807) is 17.0 Å². The molecule has 0 aromatic heterocycles. The lowest BCUT2D eigenvalue weighted by Gasteiger charge is -2.37. The van der Waals surface area contributed by atoms with Crippen molar-refractivity contribution in [2.45, 2.75) is 12.5 Å². The number of carbonyl (C=O) groups is 1. The molecule has 0 radical (unpaired) electrons. The molecule has 0 bridgehead atoms. The van der Waals surface area contributed by atoms with E-state index in [4.69, 9.17) is 0 Å². The maximum Gasteiger partial charge on any atom is 0.256 e. The molecule has 1 aromatic carbocycles. The minimum absolute atomic E-state index is 0.0655. The molecule has 2 aliphatic heterocycles. The van der Waals surface area contributed by atoms with Gasteiger partial charge in [-0.15, -0.1) is 0 Å². The van der Waals surface area contributed by atoms with Gasteiger partial charge in [-0.2, -0.15) is 0 Å². The second kappa shape index (κ2) is 5.96. The number of amides is 1. The van der Waals surface area contributed by atoms with Gasteiger partial charge in [-0.05, 0) is 18.6 Å². The van der Waals surface area contributed by atoms with Crippen molar-refractivity contribution in [3.63, 3.8) is 0 Å². The van der Waals surface area contributed by atoms with Crippen LogP contribution in [0.25, 0.3) is 0 Å². The summed E-state index contributed by atoms with van der Waals surface area (Å²) in [4.78, 5) is 16.1. The topological polar surface area (TPSA) is 57.7 Å². The lowest BCUT2D eigenvalue weighted by atomic mass is 10.1. The van der Waals surface area contributed by atoms with E-state index in [1.165, 1.54) is 12.1 Å². The molecule has 2 aliphatic rings. The smallest absolute Gasteiger partial charge is 0.256 e. The van der Waals surface area contributed by atoms with Crippen molar-refractivity contribution in [2.75, 3.05) is 37.7 Å². The summed E-state index contributed by atoms with van der Waals surface area (Å²) in [6.07, 6.45) is 0.670. The third-order valence-corrected chi connectivity index (χ3v) is 6.18. The molecular weight excluding hydrogens is 307 g/mol. The third-order valence-electron chi connectivity index (χ3n) is 4.43. The predicted octanol–water partition coefficient (Wildman–Crippen LogP) is 0.771. The standard InChI is InChI=1S/C15H19FN2O3S/c16-14-4-2-1-3-13(14)15(19)18-8-6-17(7-9-18)12-5-10-22(20,21)11-12/h1-4,12H,5-11H2/t12-/m1/s1. The fraction of sp³-hybridized carbons (Fsp3) is 0.533. The number of piperazine rings is 1. The summed E-state index contributed by atoms with van der Waals surface area (Å²) in [5, 5.41) is 0. The molecule has 120 valence electrons. The molecule has 1 atom stereocenters. The number of rotatable bonds is 2. The van der Waals surface area contributed by atoms with E-state index in [1.807, 2.05) is 0 Å². The highest BCUT2D eigenvalue weighted by Gasteiger charge is 2.34. The van der Waals surface area contributed by atoms with Gasteiger partial charge in [-0.25, -0.2) is 12.8 Å². The van der Waals surface area contributed by atoms with Crippen LogP contribution < -0.4 is 0 Å². The quantitative estimate of drug-likeness (QED) is 0.805. The fourth-order valence-corrected chi connectivity index (χ4v) is 4.92. The van der Waals surface area contributed by atoms with Crippen molar-refractivity contribution in [3.8, 4) is 0 Å². The van der Waals surface area contributed by atoms with Gasteiger partial charge in [0.05, 0.1) is 17.1 Å². The first-order valence-electron chi connectivity index (χ1n) is 7.44. The van der Waals surface area contributed by atoms with Gasteiger partial charge in [0.2, 0.25) is 0 Å². The second-order valence-corrected chi connectivity index (χ2v) is 8.09. The lowest BCUT2D eigenvalue weighted by Crippen LogP contribution is -2.52. The van der Waals surface area contributed by atoms with Crippen LogP contribution in [0.4, 0.5) is 4.39 Å². The van der Waals surface area contributed by atoms with E-state index < -0.39 is 15.7 Å². The first-order chi connectivity index (χ1) is 10.5. The monoisotopic (exact) mass is 326 g/mol. The van der Waals surface area contributed by atoms with Crippen LogP contribution in [0, 0.1) is 5.82 Å². The normalized spacial score (nSPS) is 25.3. The summed E-state index contributed by atoms with van der Waals surface area (Å²) in [5.41, 5.74) is 0.0967. The van der Waals surface area contributed by atoms with Crippen LogP contribution in [0.3, 0.4) is 0 Å². The second-order valence-electron chi connectivity index (χ2n) is 5.86. The zero-order chi connectivity index (χ0) is 15.7. The van der Waals surface area contributed by atoms with Gasteiger partial charge >= 0.3 is 0 Å². The maximum absolute atomic E-state index is 13.7. The molecule has 22 heavy (non-hydrogen) atoms. The van der Waals surface area contributed by atoms with Gasteiger partial charge < -0.3 is 4.90 Å². The molecule has 0 spiro atoms. The van der Waals surface area contributed by atoms with Gasteiger partial charge in [0.15, 0.2) is 9.84 Å². The largest absolute Gasteiger partial charge is 0.336 e. The minimum Gasteiger partial charge on any atom is -0.336 e. The Morgan fingerprint density at radius 3 is 2.41 bits per heavy atom. The van der Waals surface area contributed by atoms with Crippen LogP contribution >= 0.6 is 0 Å². The van der Waals surface area contributed by atoms with Crippen molar-refractivity contribution in [1.82, 2.24) is 9.80 Å². The van der Waals surface area contributed by atoms with E-state index in [9.17, 15) is 17.6 Å². The SMILES string of the molecule is O=C(c1ccccc1F)N1CCN([C@@H]2CCS(=O)(=O)C2)CC1. The summed E-state index contributed by atoms with van der Waals surface area (Å²) in [7, 11) is -2.90. The summed E-state index contributed by atoms with van der Waals surface area (Å²) in [5.74, 6) is -0.325. The molecular formula is C15H19FN2O3S. The molecule has 1 aromatic rings. The molecule has 0 aliphatic carbocycles. The Morgan fingerprint density at radius 1 is 1.14 bits per heavy atom. The number of sulfone groups is 1. The van der Waals surface area contributed by atoms with E-state index in [-0.39, 0.29) is 29.0 Å². The lowest BCUT2D eigenvalue weighted by molar-refractivity contribution is 0.0583. The first-order valence-corrected chi connectivity index (χ1v) is 9.27. The van der Waals surface area contributed by atoms with Crippen LogP contribution in [0.1, 0.15) is 16.8 Å². The summed E-state index contributed by atoms with van der Waals surface area (Å²) in [6, 6.07) is 6.05. The Kier molecular flexibility index (Phi) is 4.18. The number of carbonyl (C=O) groups excluding carboxylic acids is 1. The highest BCUT2D eigenvalue weighted by atomic mass is 32.2. The summed E-state index contributed by atoms with van der Waals surface area (Å²) < 4.78 is 36.8. The molecule has 0 saturated carbocycles. The average Bonchev–Trinajstić information content (AvgIpc) is 2.87. The molecule has 0 unspecified atom stereocenters. The zero-order valence-electron chi connectivity index (χ0n) is 12.2. The highest BCUT2D eigenvalue weighted by molar-refractivity contribution is 7.91. The van der Waals surface area contributed by atoms with Crippen molar-refractivity contribution < 1.29 is 17.6 Å². The first kappa shape index (κ1) is 15.4. The Bertz CT molecular complexity index is 669. The van der Waals surface area contributed by atoms with Crippen LogP contribution in [-0.4, -0.2) is 67.9 Å². The van der Waals surface area contributed by atoms with Gasteiger partial charge in [0.25, 0.3) is 5.91 Å². The molecule has 3 rings (SSSR count). The van der Waals surface area contributed by atoms with E-state index in [0.29, 0.717) is 32.6 Å². The molecule has 2 heterocycles. The molecule has 2 fully saturated rings. The Morgan fingerprint density at radius 2 is 1.82 bits per heavy atom. The van der Waals surface area contributed by atoms with Crippen molar-refractivity contribution in [2.24, 2.45) is 0 Å². The average molecular weight is 326 g/mol. The van der Waals surface area contributed by atoms with E-state index in [0.717, 1.165) is 0 Å². The molecule has 5 nitrogen and oxygen atoms in total. The van der Waals surface area contributed by atoms with Gasteiger partial charge in [0, 0.05) is 32.2 Å². The van der Waals surface area contributed by atoms with Crippen LogP contribution in [0.2, 0.25) is 0 Å². The number of halogens is 1. The number of hydrogen-bond acceptors (Lipinski definition) is 4. The summed E-state index contributed by atoms with van der Waals surface area (Å²) in [6.45, 7) is 2.29. The third kappa shape index (κ3) is 3.15. The Balaban J connectivity index is 1.60. The maximum atomic E-state index is 13.7. The molecule has 7 heteroatoms. The van der Waals surface area contributed by atoms with E-state index in [2.05, 4.69) is 4.90 Å². The number of hydrogen-bond donors (Lipinski definition) is 0. The van der Waals surface area contributed by atoms with Crippen molar-refractivity contribution >= 4 is 15.7 Å². The van der Waals surface area contributed by atoms with E-state index >= 15 is 0 Å². The van der Waals surface area contributed by atoms with Gasteiger partial charge in [0.1, 0.15) is 5.82 Å². The fourth-order valence-electron chi connectivity index (χ4n) is 3.16. The molecule has 1 amide bonds. The number of benzene rings is 1. The minimum atomic E-state index is -2.90. The number of nitrogens with zero attached hydrogens (tertiary/aromatic N) is 2. The van der Waals surface area contributed by atoms with Crippen LogP contribution in [-0.2, 0) is 9.84 Å². The molecule has 0 N–H and O–H groups in total. The Hall–Kier alpha value is -1.47. The van der Waals surface area contributed by atoms with Gasteiger partial charge in [-0.3, -0.25) is 9.69 Å². The highest BCUT2D eigenvalue weighted by Crippen LogP contribution is 2.20. The summed E-state index contributed by atoms with van der Waals surface area (Å²) >= 11 is 0. The van der Waals surface area contributed by atoms with Crippen molar-refractivity contribution in [1.29, 1.82) is 0 Å². The predicted molar refractivity (Wildman–Crippen MR) is 80.9 cm³/mol. The van der Waals surface area contributed by atoms with Gasteiger partial charge in [-0.1, -0.05) is 12.1 Å². The van der Waals surface area contributed by atoms with Crippen molar-refractivity contribution in [3.05, 3.63) is 35.6 Å². The Labute approximate surface area is 129 Å². The van der Waals surface area contributed by atoms with Crippen LogP contribution in [0.15, 0.2) is 24.3 Å². The zero-order valence-corrected chi connectivity index (χ0v) is 13.1.